The summed E-state index contributed by atoms with van der Waals surface area (Å²) in [4.78, 5) is 10.8. The molecule has 0 aromatic heterocycles. The van der Waals surface area contributed by atoms with E-state index in [1.54, 1.807) is 0 Å². The maximum absolute atomic E-state index is 10.8. The van der Waals surface area contributed by atoms with Crippen molar-refractivity contribution in [3.05, 3.63) is 0 Å². The van der Waals surface area contributed by atoms with Gasteiger partial charge in [-0.1, -0.05) is 66.2 Å². The molecule has 2 unspecified atom stereocenters. The van der Waals surface area contributed by atoms with Crippen molar-refractivity contribution >= 4 is 5.97 Å². The second kappa shape index (κ2) is 12.0. The maximum Gasteiger partial charge on any atom is 0.303 e. The lowest BCUT2D eigenvalue weighted by Crippen LogP contribution is -2.44. The minimum atomic E-state index is -0.684. The minimum absolute atomic E-state index is 0.240. The monoisotopic (exact) mass is 386 g/mol. The van der Waals surface area contributed by atoms with Crippen LogP contribution in [0.2, 0.25) is 0 Å². The van der Waals surface area contributed by atoms with E-state index in [1.165, 1.54) is 44.9 Å². The SMILES string of the molecule is CC(CC(=O)O)CC(C)(C)CCCCCCCCC(C)C1(C)OCOCO1. The van der Waals surface area contributed by atoms with Crippen molar-refractivity contribution < 1.29 is 24.1 Å². The van der Waals surface area contributed by atoms with Gasteiger partial charge in [-0.3, -0.25) is 4.79 Å². The molecule has 1 heterocycles. The summed E-state index contributed by atoms with van der Waals surface area (Å²) in [5, 5.41) is 8.90. The third-order valence-electron chi connectivity index (χ3n) is 5.92. The fourth-order valence-electron chi connectivity index (χ4n) is 4.12. The van der Waals surface area contributed by atoms with Gasteiger partial charge in [0.05, 0.1) is 0 Å². The third-order valence-corrected chi connectivity index (χ3v) is 5.92. The van der Waals surface area contributed by atoms with Gasteiger partial charge in [0.1, 0.15) is 0 Å². The highest BCUT2D eigenvalue weighted by Gasteiger charge is 2.35. The smallest absolute Gasteiger partial charge is 0.303 e. The van der Waals surface area contributed by atoms with Gasteiger partial charge in [0.15, 0.2) is 19.4 Å². The molecule has 1 saturated heterocycles. The standard InChI is InChI=1S/C22H42O5/c1-18(14-20(23)24)15-21(3,4)13-11-9-7-6-8-10-12-19(2)22(5)26-16-25-17-27-22/h18-19H,6-17H2,1-5H3,(H,23,24). The molecule has 0 amide bonds. The second-order valence-corrected chi connectivity index (χ2v) is 9.38. The predicted octanol–water partition coefficient (Wildman–Crippen LogP) is 5.97. The normalized spacial score (nSPS) is 19.6. The number of unbranched alkanes of at least 4 members (excludes halogenated alkanes) is 5. The number of carbonyl (C=O) groups is 1. The molecule has 1 rings (SSSR count). The van der Waals surface area contributed by atoms with Crippen LogP contribution in [-0.4, -0.2) is 30.4 Å². The van der Waals surface area contributed by atoms with E-state index in [2.05, 4.69) is 20.8 Å². The number of carboxylic acids is 1. The van der Waals surface area contributed by atoms with Crippen LogP contribution in [0.25, 0.3) is 0 Å². The number of rotatable bonds is 14. The molecule has 5 heteroatoms. The van der Waals surface area contributed by atoms with Gasteiger partial charge in [-0.25, -0.2) is 0 Å². The Hall–Kier alpha value is -0.650. The Bertz CT molecular complexity index is 415. The molecule has 27 heavy (non-hydrogen) atoms. The van der Waals surface area contributed by atoms with Crippen LogP contribution in [0.4, 0.5) is 0 Å². The summed E-state index contributed by atoms with van der Waals surface area (Å²) in [6.07, 6.45) is 11.1. The molecule has 0 aliphatic carbocycles. The molecule has 5 nitrogen and oxygen atoms in total. The van der Waals surface area contributed by atoms with Gasteiger partial charge in [0, 0.05) is 12.3 Å². The zero-order valence-corrected chi connectivity index (χ0v) is 18.2. The van der Waals surface area contributed by atoms with Gasteiger partial charge >= 0.3 is 5.97 Å². The maximum atomic E-state index is 10.8. The second-order valence-electron chi connectivity index (χ2n) is 9.38. The van der Waals surface area contributed by atoms with Crippen LogP contribution in [0.1, 0.15) is 98.8 Å². The molecular formula is C22H42O5. The molecule has 160 valence electrons. The van der Waals surface area contributed by atoms with Crippen LogP contribution in [0.5, 0.6) is 0 Å². The van der Waals surface area contributed by atoms with Crippen molar-refractivity contribution in [2.45, 2.75) is 105 Å². The number of carboxylic acid groups (broad SMARTS) is 1. The van der Waals surface area contributed by atoms with E-state index >= 15 is 0 Å². The molecule has 1 aliphatic rings. The Morgan fingerprint density at radius 2 is 1.59 bits per heavy atom. The Labute approximate surface area is 166 Å². The summed E-state index contributed by atoms with van der Waals surface area (Å²) in [7, 11) is 0. The Morgan fingerprint density at radius 1 is 1.04 bits per heavy atom. The molecular weight excluding hydrogens is 344 g/mol. The zero-order chi connectivity index (χ0) is 20.3. The lowest BCUT2D eigenvalue weighted by Gasteiger charge is -2.38. The molecule has 0 spiro atoms. The number of aliphatic carboxylic acids is 1. The Balaban J connectivity index is 2.04. The van der Waals surface area contributed by atoms with Crippen LogP contribution in [0.15, 0.2) is 0 Å². The highest BCUT2D eigenvalue weighted by atomic mass is 16.9. The van der Waals surface area contributed by atoms with Crippen molar-refractivity contribution in [2.75, 3.05) is 13.6 Å². The Kier molecular flexibility index (Phi) is 10.9. The molecule has 1 fully saturated rings. The first-order chi connectivity index (χ1) is 12.6. The van der Waals surface area contributed by atoms with E-state index in [1.807, 2.05) is 13.8 Å². The first-order valence-corrected chi connectivity index (χ1v) is 10.7. The van der Waals surface area contributed by atoms with Crippen LogP contribution in [0.3, 0.4) is 0 Å². The summed E-state index contributed by atoms with van der Waals surface area (Å²) in [6.45, 7) is 11.5. The number of hydrogen-bond acceptors (Lipinski definition) is 4. The quantitative estimate of drug-likeness (QED) is 0.373. The molecule has 0 saturated carbocycles. The van der Waals surface area contributed by atoms with Gasteiger partial charge < -0.3 is 19.3 Å². The van der Waals surface area contributed by atoms with E-state index in [0.29, 0.717) is 19.5 Å². The lowest BCUT2D eigenvalue weighted by atomic mass is 9.78. The van der Waals surface area contributed by atoms with Crippen LogP contribution in [-0.2, 0) is 19.0 Å². The van der Waals surface area contributed by atoms with E-state index in [-0.39, 0.29) is 17.8 Å². The van der Waals surface area contributed by atoms with Gasteiger partial charge in [-0.15, -0.1) is 0 Å². The molecule has 2 atom stereocenters. The minimum Gasteiger partial charge on any atom is -0.481 e. The first-order valence-electron chi connectivity index (χ1n) is 10.7. The predicted molar refractivity (Wildman–Crippen MR) is 107 cm³/mol. The summed E-state index contributed by atoms with van der Waals surface area (Å²) in [6, 6.07) is 0. The Morgan fingerprint density at radius 3 is 2.19 bits per heavy atom. The van der Waals surface area contributed by atoms with Gasteiger partial charge in [0.2, 0.25) is 0 Å². The van der Waals surface area contributed by atoms with E-state index in [9.17, 15) is 4.79 Å². The van der Waals surface area contributed by atoms with E-state index < -0.39 is 11.8 Å². The third kappa shape index (κ3) is 10.5. The fraction of sp³-hybridized carbons (Fsp3) is 0.955. The van der Waals surface area contributed by atoms with Crippen LogP contribution in [0, 0.1) is 17.3 Å². The van der Waals surface area contributed by atoms with Gasteiger partial charge in [-0.05, 0) is 37.5 Å². The summed E-state index contributed by atoms with van der Waals surface area (Å²) in [5.74, 6) is -0.557. The van der Waals surface area contributed by atoms with Crippen LogP contribution < -0.4 is 0 Å². The van der Waals surface area contributed by atoms with Crippen molar-refractivity contribution in [3.8, 4) is 0 Å². The lowest BCUT2D eigenvalue weighted by molar-refractivity contribution is -0.369. The molecule has 0 aromatic rings. The topological polar surface area (TPSA) is 65.0 Å². The van der Waals surface area contributed by atoms with Crippen molar-refractivity contribution in [1.29, 1.82) is 0 Å². The zero-order valence-electron chi connectivity index (χ0n) is 18.2. The molecule has 0 aromatic carbocycles. The number of ether oxygens (including phenoxy) is 3. The summed E-state index contributed by atoms with van der Waals surface area (Å²) >= 11 is 0. The molecule has 1 N–H and O–H groups in total. The van der Waals surface area contributed by atoms with E-state index in [4.69, 9.17) is 19.3 Å². The highest BCUT2D eigenvalue weighted by Crippen LogP contribution is 2.33. The average molecular weight is 387 g/mol. The van der Waals surface area contributed by atoms with Crippen molar-refractivity contribution in [1.82, 2.24) is 0 Å². The average Bonchev–Trinajstić information content (AvgIpc) is 2.56. The van der Waals surface area contributed by atoms with Gasteiger partial charge in [0.25, 0.3) is 0 Å². The number of hydrogen-bond donors (Lipinski definition) is 1. The fourth-order valence-corrected chi connectivity index (χ4v) is 4.12. The highest BCUT2D eigenvalue weighted by molar-refractivity contribution is 5.66. The molecule has 0 bridgehead atoms. The first kappa shape index (κ1) is 24.4. The molecule has 1 aliphatic heterocycles. The summed E-state index contributed by atoms with van der Waals surface area (Å²) < 4.78 is 16.4. The summed E-state index contributed by atoms with van der Waals surface area (Å²) in [5.41, 5.74) is 0.240. The van der Waals surface area contributed by atoms with Gasteiger partial charge in [-0.2, -0.15) is 0 Å². The van der Waals surface area contributed by atoms with Crippen LogP contribution >= 0.6 is 0 Å². The largest absolute Gasteiger partial charge is 0.481 e. The van der Waals surface area contributed by atoms with Crippen molar-refractivity contribution in [2.24, 2.45) is 17.3 Å². The van der Waals surface area contributed by atoms with E-state index in [0.717, 1.165) is 12.8 Å². The molecule has 0 radical (unpaired) electrons. The van der Waals surface area contributed by atoms with Crippen molar-refractivity contribution in [3.63, 3.8) is 0 Å².